The summed E-state index contributed by atoms with van der Waals surface area (Å²) in [5.74, 6) is 0. The van der Waals surface area contributed by atoms with E-state index >= 15 is 0 Å². The van der Waals surface area contributed by atoms with E-state index in [9.17, 15) is 0 Å². The maximum absolute atomic E-state index is 4.65. The number of nitrogens with one attached hydrogen (secondary N) is 1. The van der Waals surface area contributed by atoms with E-state index in [4.69, 9.17) is 0 Å². The summed E-state index contributed by atoms with van der Waals surface area (Å²) in [7, 11) is 0. The fourth-order valence-electron chi connectivity index (χ4n) is 2.46. The molecule has 0 heterocycles. The van der Waals surface area contributed by atoms with Crippen molar-refractivity contribution in [2.45, 2.75) is 12.8 Å². The van der Waals surface area contributed by atoms with Gasteiger partial charge in [0.1, 0.15) is 0 Å². The summed E-state index contributed by atoms with van der Waals surface area (Å²) in [5, 5.41) is 4.65. The second kappa shape index (κ2) is 7.95. The summed E-state index contributed by atoms with van der Waals surface area (Å²) in [6.07, 6.45) is 1.69. The van der Waals surface area contributed by atoms with Gasteiger partial charge in [-0.2, -0.15) is 5.10 Å². The van der Waals surface area contributed by atoms with Gasteiger partial charge in [0.2, 0.25) is 0 Å². The summed E-state index contributed by atoms with van der Waals surface area (Å²) in [6, 6.07) is 31.0. The van der Waals surface area contributed by atoms with Crippen molar-refractivity contribution in [2.24, 2.45) is 5.10 Å². The predicted octanol–water partition coefficient (Wildman–Crippen LogP) is 4.94. The Morgan fingerprint density at radius 2 is 1.04 bits per heavy atom. The first-order chi connectivity index (χ1) is 11.4. The van der Waals surface area contributed by atoms with Gasteiger partial charge in [-0.3, -0.25) is 5.43 Å². The van der Waals surface area contributed by atoms with Crippen molar-refractivity contribution >= 4 is 11.4 Å². The number of hydrogen-bond acceptors (Lipinski definition) is 2. The smallest absolute Gasteiger partial charge is 0.0561 e. The van der Waals surface area contributed by atoms with Gasteiger partial charge in [-0.15, -0.1) is 0 Å². The Morgan fingerprint density at radius 3 is 1.52 bits per heavy atom. The van der Waals surface area contributed by atoms with Gasteiger partial charge in [-0.1, -0.05) is 78.9 Å². The van der Waals surface area contributed by atoms with Crippen LogP contribution in [0.3, 0.4) is 0 Å². The standard InChI is InChI=1S/C21H20N2/c1-4-10-18(11-5-1)16-21(17-19-12-6-2-7-13-19)23-22-20-14-8-3-9-15-20/h1-15,22H,16-17H2. The lowest BCUT2D eigenvalue weighted by Gasteiger charge is -2.09. The maximum atomic E-state index is 4.65. The molecule has 0 saturated heterocycles. The van der Waals surface area contributed by atoms with Crippen LogP contribution in [0.15, 0.2) is 96.1 Å². The van der Waals surface area contributed by atoms with Crippen LogP contribution in [0.4, 0.5) is 5.69 Å². The quantitative estimate of drug-likeness (QED) is 0.506. The maximum Gasteiger partial charge on any atom is 0.0561 e. The van der Waals surface area contributed by atoms with Crippen molar-refractivity contribution < 1.29 is 0 Å². The molecule has 23 heavy (non-hydrogen) atoms. The highest BCUT2D eigenvalue weighted by Gasteiger charge is 2.04. The fraction of sp³-hybridized carbons (Fsp3) is 0.0952. The third-order valence-electron chi connectivity index (χ3n) is 3.62. The molecule has 3 aromatic rings. The summed E-state index contributed by atoms with van der Waals surface area (Å²) in [5.41, 5.74) is 7.85. The van der Waals surface area contributed by atoms with Gasteiger partial charge < -0.3 is 0 Å². The van der Waals surface area contributed by atoms with E-state index in [0.29, 0.717) is 0 Å². The molecule has 0 saturated carbocycles. The van der Waals surface area contributed by atoms with Crippen LogP contribution in [0.1, 0.15) is 11.1 Å². The van der Waals surface area contributed by atoms with Crippen molar-refractivity contribution in [2.75, 3.05) is 5.43 Å². The molecule has 0 aliphatic carbocycles. The molecule has 114 valence electrons. The molecule has 0 fully saturated rings. The van der Waals surface area contributed by atoms with E-state index in [-0.39, 0.29) is 0 Å². The Bertz CT molecular complexity index is 691. The topological polar surface area (TPSA) is 24.4 Å². The molecule has 2 nitrogen and oxygen atoms in total. The minimum Gasteiger partial charge on any atom is -0.279 e. The van der Waals surface area contributed by atoms with Gasteiger partial charge in [0.25, 0.3) is 0 Å². The minimum absolute atomic E-state index is 0.843. The van der Waals surface area contributed by atoms with Crippen LogP contribution < -0.4 is 5.43 Å². The zero-order valence-corrected chi connectivity index (χ0v) is 13.0. The average Bonchev–Trinajstić information content (AvgIpc) is 2.62. The molecule has 0 radical (unpaired) electrons. The van der Waals surface area contributed by atoms with Crippen LogP contribution in [0.5, 0.6) is 0 Å². The molecule has 0 aromatic heterocycles. The zero-order valence-electron chi connectivity index (χ0n) is 13.0. The lowest BCUT2D eigenvalue weighted by Crippen LogP contribution is -2.10. The molecule has 0 unspecified atom stereocenters. The van der Waals surface area contributed by atoms with Crippen LogP contribution in [0.2, 0.25) is 0 Å². The van der Waals surface area contributed by atoms with Gasteiger partial charge in [0.05, 0.1) is 5.69 Å². The first kappa shape index (κ1) is 15.0. The molecule has 0 amide bonds. The number of para-hydroxylation sites is 1. The highest BCUT2D eigenvalue weighted by atomic mass is 15.3. The predicted molar refractivity (Wildman–Crippen MR) is 97.8 cm³/mol. The van der Waals surface area contributed by atoms with E-state index < -0.39 is 0 Å². The molecule has 1 N–H and O–H groups in total. The molecule has 3 rings (SSSR count). The van der Waals surface area contributed by atoms with Crippen molar-refractivity contribution in [1.82, 2.24) is 0 Å². The van der Waals surface area contributed by atoms with Crippen LogP contribution in [0.25, 0.3) is 0 Å². The Kier molecular flexibility index (Phi) is 5.20. The van der Waals surface area contributed by atoms with Gasteiger partial charge in [0, 0.05) is 18.6 Å². The van der Waals surface area contributed by atoms with Crippen molar-refractivity contribution in [3.05, 3.63) is 102 Å². The summed E-state index contributed by atoms with van der Waals surface area (Å²) in [6.45, 7) is 0. The van der Waals surface area contributed by atoms with E-state index in [1.165, 1.54) is 11.1 Å². The molecule has 0 bridgehead atoms. The Hall–Kier alpha value is -2.87. The number of hydrogen-bond donors (Lipinski definition) is 1. The molecular formula is C21H20N2. The van der Waals surface area contributed by atoms with Crippen LogP contribution in [0, 0.1) is 0 Å². The summed E-state index contributed by atoms with van der Waals surface area (Å²) >= 11 is 0. The highest BCUT2D eigenvalue weighted by molar-refractivity contribution is 5.89. The molecule has 0 aliphatic rings. The lowest BCUT2D eigenvalue weighted by atomic mass is 10.0. The van der Waals surface area contributed by atoms with Crippen molar-refractivity contribution in [3.8, 4) is 0 Å². The first-order valence-corrected chi connectivity index (χ1v) is 7.84. The Balaban J connectivity index is 1.77. The van der Waals surface area contributed by atoms with Gasteiger partial charge in [0.15, 0.2) is 0 Å². The molecule has 3 aromatic carbocycles. The zero-order chi connectivity index (χ0) is 15.7. The van der Waals surface area contributed by atoms with Crippen LogP contribution >= 0.6 is 0 Å². The van der Waals surface area contributed by atoms with Crippen LogP contribution in [-0.4, -0.2) is 5.71 Å². The van der Waals surface area contributed by atoms with Gasteiger partial charge in [-0.05, 0) is 23.3 Å². The first-order valence-electron chi connectivity index (χ1n) is 7.84. The van der Waals surface area contributed by atoms with E-state index in [2.05, 4.69) is 59.1 Å². The number of hydrazone groups is 1. The highest BCUT2D eigenvalue weighted by Crippen LogP contribution is 2.09. The van der Waals surface area contributed by atoms with Crippen molar-refractivity contribution in [1.29, 1.82) is 0 Å². The Morgan fingerprint density at radius 1 is 0.609 bits per heavy atom. The molecule has 2 heteroatoms. The Labute approximate surface area is 137 Å². The van der Waals surface area contributed by atoms with Crippen LogP contribution in [-0.2, 0) is 12.8 Å². The lowest BCUT2D eigenvalue weighted by molar-refractivity contribution is 1.17. The minimum atomic E-state index is 0.843. The van der Waals surface area contributed by atoms with Gasteiger partial charge in [-0.25, -0.2) is 0 Å². The largest absolute Gasteiger partial charge is 0.279 e. The number of anilines is 1. The van der Waals surface area contributed by atoms with Gasteiger partial charge >= 0.3 is 0 Å². The van der Waals surface area contributed by atoms with E-state index in [0.717, 1.165) is 24.2 Å². The summed E-state index contributed by atoms with van der Waals surface area (Å²) in [4.78, 5) is 0. The second-order valence-corrected chi connectivity index (χ2v) is 5.48. The summed E-state index contributed by atoms with van der Waals surface area (Å²) < 4.78 is 0. The monoisotopic (exact) mass is 300 g/mol. The number of rotatable bonds is 6. The van der Waals surface area contributed by atoms with E-state index in [1.807, 2.05) is 42.5 Å². The molecule has 0 aliphatic heterocycles. The molecular weight excluding hydrogens is 280 g/mol. The molecule has 0 spiro atoms. The third kappa shape index (κ3) is 4.82. The molecule has 0 atom stereocenters. The van der Waals surface area contributed by atoms with Crippen molar-refractivity contribution in [3.63, 3.8) is 0 Å². The average molecular weight is 300 g/mol. The number of benzene rings is 3. The SMILES string of the molecule is c1ccc(CC(Cc2ccccc2)=NNc2ccccc2)cc1. The van der Waals surface area contributed by atoms with E-state index in [1.54, 1.807) is 0 Å². The fourth-order valence-corrected chi connectivity index (χ4v) is 2.46. The number of nitrogens with zero attached hydrogens (tertiary/aromatic N) is 1. The normalized spacial score (nSPS) is 10.1. The third-order valence-corrected chi connectivity index (χ3v) is 3.62. The second-order valence-electron chi connectivity index (χ2n) is 5.48.